The first-order chi connectivity index (χ1) is 11.4. The van der Waals surface area contributed by atoms with Crippen molar-refractivity contribution in [3.8, 4) is 11.1 Å². The van der Waals surface area contributed by atoms with E-state index in [4.69, 9.17) is 0 Å². The van der Waals surface area contributed by atoms with E-state index in [0.29, 0.717) is 12.1 Å². The third-order valence-electron chi connectivity index (χ3n) is 4.67. The molecule has 0 aliphatic carbocycles. The van der Waals surface area contributed by atoms with Crippen LogP contribution in [0.15, 0.2) is 42.7 Å². The van der Waals surface area contributed by atoms with E-state index < -0.39 is 5.60 Å². The molecule has 1 saturated heterocycles. The summed E-state index contributed by atoms with van der Waals surface area (Å²) in [6.45, 7) is 6.27. The molecule has 1 amide bonds. The number of aliphatic hydroxyl groups is 1. The second kappa shape index (κ2) is 6.36. The standard InChI is InChI=1S/C20H24N2O2/c1-14-6-4-7-15(10-14)16-11-17(13-21-12-16)19(23)22-9-5-8-18(22)20(2,3)24/h4,6-7,10-13,18,24H,5,8-9H2,1-3H3. The van der Waals surface area contributed by atoms with E-state index in [-0.39, 0.29) is 11.9 Å². The van der Waals surface area contributed by atoms with Gasteiger partial charge in [-0.3, -0.25) is 9.78 Å². The van der Waals surface area contributed by atoms with Crippen LogP contribution in [0.5, 0.6) is 0 Å². The van der Waals surface area contributed by atoms with Crippen LogP contribution < -0.4 is 0 Å². The van der Waals surface area contributed by atoms with Gasteiger partial charge >= 0.3 is 0 Å². The Morgan fingerprint density at radius 3 is 2.75 bits per heavy atom. The summed E-state index contributed by atoms with van der Waals surface area (Å²) in [6.07, 6.45) is 5.15. The van der Waals surface area contributed by atoms with Crippen LogP contribution in [0, 0.1) is 6.92 Å². The van der Waals surface area contributed by atoms with Crippen LogP contribution in [0.1, 0.15) is 42.6 Å². The lowest BCUT2D eigenvalue weighted by Gasteiger charge is -2.33. The van der Waals surface area contributed by atoms with Gasteiger partial charge in [0.05, 0.1) is 17.2 Å². The Hall–Kier alpha value is -2.20. The van der Waals surface area contributed by atoms with Gasteiger partial charge in [-0.15, -0.1) is 0 Å². The van der Waals surface area contributed by atoms with Crippen molar-refractivity contribution in [2.24, 2.45) is 0 Å². The Labute approximate surface area is 143 Å². The number of pyridine rings is 1. The molecule has 2 heterocycles. The quantitative estimate of drug-likeness (QED) is 0.941. The normalized spacial score (nSPS) is 18.0. The first-order valence-electron chi connectivity index (χ1n) is 8.42. The van der Waals surface area contributed by atoms with E-state index in [9.17, 15) is 9.90 Å². The van der Waals surface area contributed by atoms with Gasteiger partial charge in [-0.2, -0.15) is 0 Å². The molecule has 3 rings (SSSR count). The van der Waals surface area contributed by atoms with Crippen molar-refractivity contribution in [1.82, 2.24) is 9.88 Å². The monoisotopic (exact) mass is 324 g/mol. The molecule has 1 N–H and O–H groups in total. The molecule has 126 valence electrons. The average Bonchev–Trinajstić information content (AvgIpc) is 3.04. The third-order valence-corrected chi connectivity index (χ3v) is 4.67. The van der Waals surface area contributed by atoms with Gasteiger partial charge in [0.25, 0.3) is 5.91 Å². The van der Waals surface area contributed by atoms with Gasteiger partial charge < -0.3 is 10.0 Å². The summed E-state index contributed by atoms with van der Waals surface area (Å²) < 4.78 is 0. The summed E-state index contributed by atoms with van der Waals surface area (Å²) in [4.78, 5) is 19.0. The fourth-order valence-corrected chi connectivity index (χ4v) is 3.45. The molecule has 1 aromatic heterocycles. The van der Waals surface area contributed by atoms with E-state index in [0.717, 1.165) is 24.0 Å². The smallest absolute Gasteiger partial charge is 0.255 e. The van der Waals surface area contributed by atoms with Gasteiger partial charge in [0.15, 0.2) is 0 Å². The Bertz CT molecular complexity index is 749. The number of hydrogen-bond donors (Lipinski definition) is 1. The lowest BCUT2D eigenvalue weighted by atomic mass is 9.96. The number of hydrogen-bond acceptors (Lipinski definition) is 3. The highest BCUT2D eigenvalue weighted by atomic mass is 16.3. The number of carbonyl (C=O) groups is 1. The first-order valence-corrected chi connectivity index (χ1v) is 8.42. The van der Waals surface area contributed by atoms with Crippen molar-refractivity contribution in [2.45, 2.75) is 45.3 Å². The van der Waals surface area contributed by atoms with Crippen LogP contribution >= 0.6 is 0 Å². The van der Waals surface area contributed by atoms with Crippen molar-refractivity contribution in [1.29, 1.82) is 0 Å². The maximum atomic E-state index is 12.9. The van der Waals surface area contributed by atoms with Crippen molar-refractivity contribution in [2.75, 3.05) is 6.54 Å². The van der Waals surface area contributed by atoms with Crippen molar-refractivity contribution >= 4 is 5.91 Å². The lowest BCUT2D eigenvalue weighted by molar-refractivity contribution is 0.000322. The van der Waals surface area contributed by atoms with Crippen LogP contribution in [-0.2, 0) is 0 Å². The van der Waals surface area contributed by atoms with Gasteiger partial charge in [-0.1, -0.05) is 29.8 Å². The van der Waals surface area contributed by atoms with Crippen molar-refractivity contribution in [3.63, 3.8) is 0 Å². The summed E-state index contributed by atoms with van der Waals surface area (Å²) in [5.41, 5.74) is 2.84. The molecule has 0 radical (unpaired) electrons. The van der Waals surface area contributed by atoms with E-state index in [2.05, 4.69) is 11.1 Å². The number of amides is 1. The molecule has 24 heavy (non-hydrogen) atoms. The molecule has 1 atom stereocenters. The highest BCUT2D eigenvalue weighted by molar-refractivity contribution is 5.95. The van der Waals surface area contributed by atoms with Gasteiger partial charge in [-0.05, 0) is 45.2 Å². The maximum Gasteiger partial charge on any atom is 0.255 e. The van der Waals surface area contributed by atoms with Gasteiger partial charge in [0.2, 0.25) is 0 Å². The zero-order valence-electron chi connectivity index (χ0n) is 14.5. The minimum absolute atomic E-state index is 0.0540. The second-order valence-electron chi connectivity index (χ2n) is 7.14. The molecule has 1 aliphatic rings. The van der Waals surface area contributed by atoms with Crippen molar-refractivity contribution in [3.05, 3.63) is 53.9 Å². The van der Waals surface area contributed by atoms with Gasteiger partial charge in [0.1, 0.15) is 0 Å². The molecule has 0 bridgehead atoms. The highest BCUT2D eigenvalue weighted by Gasteiger charge is 2.38. The zero-order valence-corrected chi connectivity index (χ0v) is 14.5. The summed E-state index contributed by atoms with van der Waals surface area (Å²) in [5.74, 6) is -0.0540. The molecular weight excluding hydrogens is 300 g/mol. The number of nitrogens with zero attached hydrogens (tertiary/aromatic N) is 2. The van der Waals surface area contributed by atoms with Crippen LogP contribution in [0.3, 0.4) is 0 Å². The number of rotatable bonds is 3. The van der Waals surface area contributed by atoms with Crippen LogP contribution in [0.4, 0.5) is 0 Å². The zero-order chi connectivity index (χ0) is 17.3. The highest BCUT2D eigenvalue weighted by Crippen LogP contribution is 2.29. The Kier molecular flexibility index (Phi) is 4.41. The predicted molar refractivity (Wildman–Crippen MR) is 94.8 cm³/mol. The fraction of sp³-hybridized carbons (Fsp3) is 0.400. The minimum atomic E-state index is -0.895. The third kappa shape index (κ3) is 3.34. The molecule has 1 unspecified atom stereocenters. The number of aryl methyl sites for hydroxylation is 1. The van der Waals surface area contributed by atoms with E-state index in [1.807, 2.05) is 31.2 Å². The van der Waals surface area contributed by atoms with Crippen LogP contribution in [-0.4, -0.2) is 39.1 Å². The molecule has 1 fully saturated rings. The van der Waals surface area contributed by atoms with Crippen LogP contribution in [0.25, 0.3) is 11.1 Å². The van der Waals surface area contributed by atoms with E-state index in [1.54, 1.807) is 31.1 Å². The van der Waals surface area contributed by atoms with E-state index in [1.165, 1.54) is 5.56 Å². The molecule has 1 aromatic carbocycles. The average molecular weight is 324 g/mol. The molecule has 4 nitrogen and oxygen atoms in total. The molecular formula is C20H24N2O2. The number of likely N-dealkylation sites (tertiary alicyclic amines) is 1. The van der Waals surface area contributed by atoms with Crippen molar-refractivity contribution < 1.29 is 9.90 Å². The first kappa shape index (κ1) is 16.7. The summed E-state index contributed by atoms with van der Waals surface area (Å²) >= 11 is 0. The maximum absolute atomic E-state index is 12.9. The number of aromatic nitrogens is 1. The van der Waals surface area contributed by atoms with E-state index >= 15 is 0 Å². The van der Waals surface area contributed by atoms with Gasteiger partial charge in [-0.25, -0.2) is 0 Å². The predicted octanol–water partition coefficient (Wildman–Crippen LogP) is 3.43. The molecule has 0 saturated carbocycles. The lowest BCUT2D eigenvalue weighted by Crippen LogP contribution is -2.48. The Morgan fingerprint density at radius 1 is 1.25 bits per heavy atom. The largest absolute Gasteiger partial charge is 0.388 e. The molecule has 4 heteroatoms. The Balaban J connectivity index is 1.90. The topological polar surface area (TPSA) is 53.4 Å². The van der Waals surface area contributed by atoms with Crippen LogP contribution in [0.2, 0.25) is 0 Å². The fourth-order valence-electron chi connectivity index (χ4n) is 3.45. The summed E-state index contributed by atoms with van der Waals surface area (Å²) in [6, 6.07) is 9.90. The molecule has 1 aliphatic heterocycles. The molecule has 2 aromatic rings. The number of carbonyl (C=O) groups excluding carboxylic acids is 1. The summed E-state index contributed by atoms with van der Waals surface area (Å²) in [5, 5.41) is 10.3. The Morgan fingerprint density at radius 2 is 2.04 bits per heavy atom. The summed E-state index contributed by atoms with van der Waals surface area (Å²) in [7, 11) is 0. The molecule has 0 spiro atoms. The van der Waals surface area contributed by atoms with Gasteiger partial charge in [0, 0.05) is 24.5 Å². The second-order valence-corrected chi connectivity index (χ2v) is 7.14. The number of benzene rings is 1. The SMILES string of the molecule is Cc1cccc(-c2cncc(C(=O)N3CCCC3C(C)(C)O)c2)c1. The minimum Gasteiger partial charge on any atom is -0.388 e.